The number of thiophene rings is 1. The molecular formula is C21H22N4OS2. The average molecular weight is 411 g/mol. The van der Waals surface area contributed by atoms with Crippen LogP contribution >= 0.6 is 23.1 Å². The summed E-state index contributed by atoms with van der Waals surface area (Å²) < 4.78 is 3.47. The van der Waals surface area contributed by atoms with Gasteiger partial charge in [-0.05, 0) is 43.8 Å². The van der Waals surface area contributed by atoms with E-state index in [-0.39, 0.29) is 11.4 Å². The van der Waals surface area contributed by atoms with Gasteiger partial charge in [-0.15, -0.1) is 16.4 Å². The summed E-state index contributed by atoms with van der Waals surface area (Å²) in [5.74, 6) is 0.308. The molecule has 0 radical (unpaired) electrons. The first-order valence-electron chi connectivity index (χ1n) is 9.11. The molecule has 5 nitrogen and oxygen atoms in total. The maximum Gasteiger partial charge on any atom is 0.230 e. The fourth-order valence-corrected chi connectivity index (χ4v) is 4.71. The standard InChI is InChI=1S/C21H22N4OS2/c1-21(2,3)22-19(26)13-28-20-17-11-18-16(9-10-27-18)25(17)12-15(23-24-20)14-7-5-4-6-8-14/h4-11H,12-13H2,1-3H3,(H,22,26). The molecule has 0 saturated carbocycles. The lowest BCUT2D eigenvalue weighted by Crippen LogP contribution is -2.41. The summed E-state index contributed by atoms with van der Waals surface area (Å²) >= 11 is 3.15. The van der Waals surface area contributed by atoms with Crippen LogP contribution in [0.25, 0.3) is 10.2 Å². The molecule has 2 aromatic heterocycles. The summed E-state index contributed by atoms with van der Waals surface area (Å²) in [6, 6.07) is 14.4. The quantitative estimate of drug-likeness (QED) is 0.690. The molecule has 3 aromatic rings. The van der Waals surface area contributed by atoms with Crippen molar-refractivity contribution in [2.45, 2.75) is 32.9 Å². The summed E-state index contributed by atoms with van der Waals surface area (Å²) in [6.07, 6.45) is 0. The second kappa shape index (κ2) is 7.56. The largest absolute Gasteiger partial charge is 0.351 e. The van der Waals surface area contributed by atoms with Crippen molar-refractivity contribution in [3.8, 4) is 0 Å². The molecule has 1 amide bonds. The van der Waals surface area contributed by atoms with E-state index in [1.54, 1.807) is 11.3 Å². The third-order valence-electron chi connectivity index (χ3n) is 4.27. The van der Waals surface area contributed by atoms with Crippen LogP contribution in [0.5, 0.6) is 0 Å². The summed E-state index contributed by atoms with van der Waals surface area (Å²) in [7, 11) is 0. The fourth-order valence-electron chi connectivity index (χ4n) is 3.13. The van der Waals surface area contributed by atoms with Gasteiger partial charge in [0.1, 0.15) is 5.04 Å². The smallest absolute Gasteiger partial charge is 0.230 e. The zero-order valence-corrected chi connectivity index (χ0v) is 17.7. The van der Waals surface area contributed by atoms with Gasteiger partial charge >= 0.3 is 0 Å². The predicted octanol–water partition coefficient (Wildman–Crippen LogP) is 4.52. The summed E-state index contributed by atoms with van der Waals surface area (Å²) in [5, 5.41) is 15.0. The Kier molecular flexibility index (Phi) is 5.12. The molecule has 0 fully saturated rings. The van der Waals surface area contributed by atoms with E-state index in [0.717, 1.165) is 22.0 Å². The van der Waals surface area contributed by atoms with E-state index >= 15 is 0 Å². The van der Waals surface area contributed by atoms with Crippen LogP contribution in [-0.4, -0.2) is 32.5 Å². The lowest BCUT2D eigenvalue weighted by atomic mass is 10.1. The zero-order chi connectivity index (χ0) is 19.7. The second-order valence-corrected chi connectivity index (χ2v) is 9.60. The van der Waals surface area contributed by atoms with E-state index in [9.17, 15) is 4.79 Å². The molecule has 0 spiro atoms. The van der Waals surface area contributed by atoms with Gasteiger partial charge in [0.05, 0.1) is 33.9 Å². The zero-order valence-electron chi connectivity index (χ0n) is 16.1. The van der Waals surface area contributed by atoms with Crippen LogP contribution in [0.15, 0.2) is 58.0 Å². The number of hydrogen-bond donors (Lipinski definition) is 1. The molecule has 0 bridgehead atoms. The highest BCUT2D eigenvalue weighted by atomic mass is 32.2. The monoisotopic (exact) mass is 410 g/mol. The van der Waals surface area contributed by atoms with Crippen LogP contribution in [0, 0.1) is 0 Å². The highest BCUT2D eigenvalue weighted by Gasteiger charge is 2.22. The second-order valence-electron chi connectivity index (χ2n) is 7.69. The van der Waals surface area contributed by atoms with E-state index in [0.29, 0.717) is 12.3 Å². The minimum absolute atomic E-state index is 0.00312. The van der Waals surface area contributed by atoms with Crippen molar-refractivity contribution in [3.63, 3.8) is 0 Å². The van der Waals surface area contributed by atoms with Gasteiger partial charge in [-0.3, -0.25) is 4.79 Å². The average Bonchev–Trinajstić information content (AvgIpc) is 3.17. The molecule has 1 N–H and O–H groups in total. The fraction of sp³-hybridized carbons (Fsp3) is 0.286. The van der Waals surface area contributed by atoms with Crippen LogP contribution < -0.4 is 5.32 Å². The molecule has 0 aliphatic carbocycles. The van der Waals surface area contributed by atoms with E-state index in [2.05, 4.69) is 49.7 Å². The lowest BCUT2D eigenvalue weighted by Gasteiger charge is -2.20. The molecular weight excluding hydrogens is 388 g/mol. The minimum atomic E-state index is -0.246. The van der Waals surface area contributed by atoms with Crippen molar-refractivity contribution in [3.05, 3.63) is 59.1 Å². The van der Waals surface area contributed by atoms with E-state index in [1.807, 2.05) is 39.0 Å². The van der Waals surface area contributed by atoms with Crippen molar-refractivity contribution < 1.29 is 4.79 Å². The van der Waals surface area contributed by atoms with E-state index in [1.165, 1.54) is 22.0 Å². The number of amides is 1. The Morgan fingerprint density at radius 2 is 2.00 bits per heavy atom. The molecule has 144 valence electrons. The minimum Gasteiger partial charge on any atom is -0.351 e. The Balaban J connectivity index is 1.67. The number of fused-ring (bicyclic) bond motifs is 3. The van der Waals surface area contributed by atoms with Gasteiger partial charge in [-0.25, -0.2) is 0 Å². The number of hydrogen-bond acceptors (Lipinski definition) is 5. The maximum atomic E-state index is 12.3. The van der Waals surface area contributed by atoms with Gasteiger partial charge < -0.3 is 9.88 Å². The number of aromatic nitrogens is 1. The first-order valence-corrected chi connectivity index (χ1v) is 11.0. The predicted molar refractivity (Wildman–Crippen MR) is 120 cm³/mol. The van der Waals surface area contributed by atoms with Gasteiger partial charge in [0.2, 0.25) is 5.91 Å². The highest BCUT2D eigenvalue weighted by molar-refractivity contribution is 8.14. The van der Waals surface area contributed by atoms with Crippen molar-refractivity contribution in [2.24, 2.45) is 10.2 Å². The van der Waals surface area contributed by atoms with Crippen LogP contribution in [0.4, 0.5) is 0 Å². The van der Waals surface area contributed by atoms with Crippen molar-refractivity contribution in [1.82, 2.24) is 9.88 Å². The van der Waals surface area contributed by atoms with Crippen LogP contribution in [-0.2, 0) is 11.3 Å². The molecule has 7 heteroatoms. The van der Waals surface area contributed by atoms with Crippen molar-refractivity contribution in [2.75, 3.05) is 5.75 Å². The van der Waals surface area contributed by atoms with Gasteiger partial charge in [-0.2, -0.15) is 5.10 Å². The maximum absolute atomic E-state index is 12.3. The molecule has 3 heterocycles. The van der Waals surface area contributed by atoms with Crippen LogP contribution in [0.3, 0.4) is 0 Å². The number of carbonyl (C=O) groups excluding carboxylic acids is 1. The number of carbonyl (C=O) groups is 1. The summed E-state index contributed by atoms with van der Waals surface area (Å²) in [6.45, 7) is 6.60. The molecule has 4 rings (SSSR count). The lowest BCUT2D eigenvalue weighted by molar-refractivity contribution is -0.119. The van der Waals surface area contributed by atoms with E-state index in [4.69, 9.17) is 0 Å². The number of nitrogens with zero attached hydrogens (tertiary/aromatic N) is 3. The first kappa shape index (κ1) is 19.0. The summed E-state index contributed by atoms with van der Waals surface area (Å²) in [5.41, 5.74) is 3.93. The molecule has 1 aliphatic rings. The number of rotatable bonds is 3. The van der Waals surface area contributed by atoms with Crippen LogP contribution in [0.2, 0.25) is 0 Å². The van der Waals surface area contributed by atoms with Gasteiger partial charge in [0, 0.05) is 5.54 Å². The Morgan fingerprint density at radius 1 is 1.21 bits per heavy atom. The highest BCUT2D eigenvalue weighted by Crippen LogP contribution is 2.30. The Hall–Kier alpha value is -2.38. The van der Waals surface area contributed by atoms with Gasteiger partial charge in [0.15, 0.2) is 0 Å². The Morgan fingerprint density at radius 3 is 2.75 bits per heavy atom. The number of thioether (sulfide) groups is 1. The third kappa shape index (κ3) is 4.05. The third-order valence-corrected chi connectivity index (χ3v) is 6.10. The SMILES string of the molecule is CC(C)(C)NC(=O)CSC1=NN=C(c2ccccc2)Cn2c1cc1sccc12. The van der Waals surface area contributed by atoms with Crippen LogP contribution in [0.1, 0.15) is 32.0 Å². The Bertz CT molecular complexity index is 1070. The summed E-state index contributed by atoms with van der Waals surface area (Å²) in [4.78, 5) is 12.3. The molecule has 0 saturated heterocycles. The molecule has 28 heavy (non-hydrogen) atoms. The van der Waals surface area contributed by atoms with E-state index < -0.39 is 0 Å². The van der Waals surface area contributed by atoms with Crippen molar-refractivity contribution >= 4 is 50.0 Å². The van der Waals surface area contributed by atoms with Crippen molar-refractivity contribution in [1.29, 1.82) is 0 Å². The normalized spacial score (nSPS) is 14.2. The Labute approximate surface area is 172 Å². The van der Waals surface area contributed by atoms with Gasteiger partial charge in [-0.1, -0.05) is 42.1 Å². The number of benzene rings is 1. The first-order chi connectivity index (χ1) is 13.4. The number of nitrogens with one attached hydrogen (secondary N) is 1. The molecule has 0 unspecified atom stereocenters. The molecule has 0 atom stereocenters. The topological polar surface area (TPSA) is 58.8 Å². The van der Waals surface area contributed by atoms with Gasteiger partial charge in [0.25, 0.3) is 0 Å². The molecule has 1 aromatic carbocycles. The molecule has 1 aliphatic heterocycles.